The normalized spacial score (nSPS) is 18.2. The molecule has 1 atom stereocenters. The fourth-order valence-electron chi connectivity index (χ4n) is 3.80. The second-order valence-corrected chi connectivity index (χ2v) is 6.85. The van der Waals surface area contributed by atoms with Crippen LogP contribution < -0.4 is 19.9 Å². The maximum absolute atomic E-state index is 13.1. The number of carbonyl (C=O) groups excluding carboxylic acids is 2. The summed E-state index contributed by atoms with van der Waals surface area (Å²) in [4.78, 5) is 29.1. The lowest BCUT2D eigenvalue weighted by Gasteiger charge is -2.37. The van der Waals surface area contributed by atoms with Crippen molar-refractivity contribution >= 4 is 23.2 Å². The summed E-state index contributed by atoms with van der Waals surface area (Å²) in [5.74, 6) is 0.476. The number of ether oxygens (including phenoxy) is 1. The summed E-state index contributed by atoms with van der Waals surface area (Å²) < 4.78 is 5.82. The van der Waals surface area contributed by atoms with E-state index in [4.69, 9.17) is 4.74 Å². The first-order valence-corrected chi connectivity index (χ1v) is 9.28. The highest BCUT2D eigenvalue weighted by Crippen LogP contribution is 2.34. The molecule has 6 nitrogen and oxygen atoms in total. The molecule has 2 aromatic carbocycles. The number of rotatable bonds is 3. The number of anilines is 2. The van der Waals surface area contributed by atoms with E-state index in [9.17, 15) is 9.59 Å². The van der Waals surface area contributed by atoms with E-state index in [-0.39, 0.29) is 18.4 Å². The third-order valence-electron chi connectivity index (χ3n) is 5.14. The number of hydrogen-bond donors (Lipinski definition) is 1. The van der Waals surface area contributed by atoms with Gasteiger partial charge in [0.2, 0.25) is 5.91 Å². The number of hydrogen-bond acceptors (Lipinski definition) is 4. The highest BCUT2D eigenvalue weighted by atomic mass is 16.5. The van der Waals surface area contributed by atoms with Gasteiger partial charge in [-0.3, -0.25) is 9.59 Å². The Hall–Kier alpha value is -3.02. The first kappa shape index (κ1) is 17.4. The van der Waals surface area contributed by atoms with Crippen molar-refractivity contribution in [3.8, 4) is 5.75 Å². The highest BCUT2D eigenvalue weighted by Gasteiger charge is 2.32. The van der Waals surface area contributed by atoms with Gasteiger partial charge in [0.05, 0.1) is 18.8 Å². The van der Waals surface area contributed by atoms with Crippen molar-refractivity contribution in [2.75, 3.05) is 36.5 Å². The summed E-state index contributed by atoms with van der Waals surface area (Å²) in [5, 5.41) is 2.63. The van der Waals surface area contributed by atoms with Crippen molar-refractivity contribution in [2.24, 2.45) is 0 Å². The van der Waals surface area contributed by atoms with Crippen molar-refractivity contribution in [1.29, 1.82) is 0 Å². The minimum Gasteiger partial charge on any atom is -0.477 e. The smallest absolute Gasteiger partial charge is 0.262 e. The van der Waals surface area contributed by atoms with Crippen LogP contribution in [0.25, 0.3) is 0 Å². The Balaban J connectivity index is 1.58. The van der Waals surface area contributed by atoms with E-state index in [1.54, 1.807) is 7.05 Å². The molecule has 140 valence electrons. The van der Waals surface area contributed by atoms with E-state index in [2.05, 4.69) is 11.4 Å². The standard InChI is InChI=1S/C21H23N3O3/c1-22-21(26)19-13-23(17-10-4-5-11-18(17)27-19)14-20(25)24-12-6-8-15-7-2-3-9-16(15)24/h2-5,7,9-11,19H,6,8,12-14H2,1H3,(H,22,26)/t19-/m0/s1. The molecule has 0 aliphatic carbocycles. The molecule has 6 heteroatoms. The SMILES string of the molecule is CNC(=O)[C@@H]1CN(CC(=O)N2CCCc3ccccc32)c2ccccc2O1. The molecule has 0 unspecified atom stereocenters. The van der Waals surface area contributed by atoms with Crippen molar-refractivity contribution in [2.45, 2.75) is 18.9 Å². The van der Waals surface area contributed by atoms with Crippen LogP contribution in [0, 0.1) is 0 Å². The Bertz CT molecular complexity index is 867. The molecule has 1 N–H and O–H groups in total. The molecule has 0 bridgehead atoms. The van der Waals surface area contributed by atoms with Gasteiger partial charge in [-0.1, -0.05) is 30.3 Å². The van der Waals surface area contributed by atoms with Crippen LogP contribution in [0.3, 0.4) is 0 Å². The lowest BCUT2D eigenvalue weighted by Crippen LogP contribution is -2.51. The molecule has 4 rings (SSSR count). The summed E-state index contributed by atoms with van der Waals surface area (Å²) in [5.41, 5.74) is 3.05. The van der Waals surface area contributed by atoms with Crippen molar-refractivity contribution in [3.05, 3.63) is 54.1 Å². The third-order valence-corrected chi connectivity index (χ3v) is 5.14. The topological polar surface area (TPSA) is 61.9 Å². The van der Waals surface area contributed by atoms with Crippen LogP contribution in [0.5, 0.6) is 5.75 Å². The highest BCUT2D eigenvalue weighted by molar-refractivity contribution is 5.98. The van der Waals surface area contributed by atoms with Crippen LogP contribution in [-0.2, 0) is 16.0 Å². The zero-order valence-electron chi connectivity index (χ0n) is 15.4. The van der Waals surface area contributed by atoms with Gasteiger partial charge in [0.1, 0.15) is 5.75 Å². The number of benzene rings is 2. The van der Waals surface area contributed by atoms with Crippen molar-refractivity contribution in [3.63, 3.8) is 0 Å². The van der Waals surface area contributed by atoms with Gasteiger partial charge in [0, 0.05) is 19.3 Å². The molecule has 27 heavy (non-hydrogen) atoms. The number of fused-ring (bicyclic) bond motifs is 2. The average molecular weight is 365 g/mol. The van der Waals surface area contributed by atoms with Crippen LogP contribution >= 0.6 is 0 Å². The third kappa shape index (κ3) is 3.35. The Morgan fingerprint density at radius 1 is 1.11 bits per heavy atom. The Morgan fingerprint density at radius 3 is 2.67 bits per heavy atom. The van der Waals surface area contributed by atoms with E-state index in [1.165, 1.54) is 5.56 Å². The molecule has 2 aliphatic rings. The van der Waals surface area contributed by atoms with Crippen LogP contribution in [0.2, 0.25) is 0 Å². The van der Waals surface area contributed by atoms with Crippen LogP contribution in [0.15, 0.2) is 48.5 Å². The summed E-state index contributed by atoms with van der Waals surface area (Å²) in [6, 6.07) is 15.6. The van der Waals surface area contributed by atoms with Gasteiger partial charge in [-0.05, 0) is 36.6 Å². The minimum atomic E-state index is -0.633. The first-order chi connectivity index (χ1) is 13.2. The van der Waals surface area contributed by atoms with Gasteiger partial charge in [-0.2, -0.15) is 0 Å². The van der Waals surface area contributed by atoms with Gasteiger partial charge < -0.3 is 19.9 Å². The lowest BCUT2D eigenvalue weighted by molar-refractivity contribution is -0.127. The van der Waals surface area contributed by atoms with Gasteiger partial charge in [-0.25, -0.2) is 0 Å². The van der Waals surface area contributed by atoms with Gasteiger partial charge in [0.15, 0.2) is 6.10 Å². The van der Waals surface area contributed by atoms with E-state index < -0.39 is 6.10 Å². The number of carbonyl (C=O) groups is 2. The molecule has 2 amide bonds. The molecule has 2 heterocycles. The van der Waals surface area contributed by atoms with Gasteiger partial charge in [0.25, 0.3) is 5.91 Å². The molecule has 0 aromatic heterocycles. The second-order valence-electron chi connectivity index (χ2n) is 6.85. The molecule has 0 spiro atoms. The molecule has 0 saturated carbocycles. The second kappa shape index (κ2) is 7.31. The number of nitrogens with one attached hydrogen (secondary N) is 1. The van der Waals surface area contributed by atoms with E-state index in [0.29, 0.717) is 12.3 Å². The fourth-order valence-corrected chi connectivity index (χ4v) is 3.80. The average Bonchev–Trinajstić information content (AvgIpc) is 2.72. The number of aryl methyl sites for hydroxylation is 1. The van der Waals surface area contributed by atoms with E-state index >= 15 is 0 Å². The Morgan fingerprint density at radius 2 is 1.85 bits per heavy atom. The summed E-state index contributed by atoms with van der Waals surface area (Å²) in [6.45, 7) is 1.28. The summed E-state index contributed by atoms with van der Waals surface area (Å²) in [7, 11) is 1.59. The Labute approximate surface area is 158 Å². The Kier molecular flexibility index (Phi) is 4.71. The molecular formula is C21H23N3O3. The molecule has 0 saturated heterocycles. The molecular weight excluding hydrogens is 342 g/mol. The zero-order chi connectivity index (χ0) is 18.8. The van der Waals surface area contributed by atoms with Gasteiger partial charge >= 0.3 is 0 Å². The number of amides is 2. The van der Waals surface area contributed by atoms with Crippen LogP contribution in [0.4, 0.5) is 11.4 Å². The predicted molar refractivity (Wildman–Crippen MR) is 104 cm³/mol. The largest absolute Gasteiger partial charge is 0.477 e. The number of nitrogens with zero attached hydrogens (tertiary/aromatic N) is 2. The number of para-hydroxylation sites is 3. The maximum atomic E-state index is 13.1. The molecule has 2 aliphatic heterocycles. The van der Waals surface area contributed by atoms with Crippen molar-refractivity contribution < 1.29 is 14.3 Å². The quantitative estimate of drug-likeness (QED) is 0.904. The predicted octanol–water partition coefficient (Wildman–Crippen LogP) is 1.98. The zero-order valence-corrected chi connectivity index (χ0v) is 15.4. The molecule has 2 aromatic rings. The summed E-state index contributed by atoms with van der Waals surface area (Å²) >= 11 is 0. The minimum absolute atomic E-state index is 0.0366. The molecule has 0 radical (unpaired) electrons. The lowest BCUT2D eigenvalue weighted by atomic mass is 10.0. The summed E-state index contributed by atoms with van der Waals surface area (Å²) in [6.07, 6.45) is 1.33. The van der Waals surface area contributed by atoms with E-state index in [0.717, 1.165) is 30.8 Å². The maximum Gasteiger partial charge on any atom is 0.262 e. The van der Waals surface area contributed by atoms with E-state index in [1.807, 2.05) is 52.3 Å². The number of likely N-dealkylation sites (N-methyl/N-ethyl adjacent to an activating group) is 1. The van der Waals surface area contributed by atoms with Crippen molar-refractivity contribution in [1.82, 2.24) is 5.32 Å². The molecule has 0 fully saturated rings. The monoisotopic (exact) mass is 365 g/mol. The first-order valence-electron chi connectivity index (χ1n) is 9.28. The van der Waals surface area contributed by atoms with Crippen LogP contribution in [-0.4, -0.2) is 44.6 Å². The fraction of sp³-hybridized carbons (Fsp3) is 0.333. The van der Waals surface area contributed by atoms with Crippen LogP contribution in [0.1, 0.15) is 12.0 Å². The van der Waals surface area contributed by atoms with Gasteiger partial charge in [-0.15, -0.1) is 0 Å².